The summed E-state index contributed by atoms with van der Waals surface area (Å²) in [5.41, 5.74) is 2.47. The first-order valence-electron chi connectivity index (χ1n) is 10.9. The SMILES string of the molecule is CCOP(=O)(CCN1C/C(=C/c2ccc(F)cc2)C(=O)/C(=C/c2ccc(F)cc2)C1)OCC. The van der Waals surface area contributed by atoms with Crippen LogP contribution in [0, 0.1) is 11.6 Å². The summed E-state index contributed by atoms with van der Waals surface area (Å²) in [5, 5.41) is 0. The molecule has 0 bridgehead atoms. The van der Waals surface area contributed by atoms with Crippen molar-refractivity contribution in [3.8, 4) is 0 Å². The quantitative estimate of drug-likeness (QED) is 0.350. The van der Waals surface area contributed by atoms with Gasteiger partial charge in [0.15, 0.2) is 5.78 Å². The lowest BCUT2D eigenvalue weighted by Crippen LogP contribution is -2.39. The standard InChI is InChI=1S/C25H28F2NO4P/c1-3-31-33(30,32-4-2)14-13-28-17-21(15-19-5-9-23(26)10-6-19)25(29)22(18-28)16-20-7-11-24(27)12-8-20/h5-12,15-16H,3-4,13-14,17-18H2,1-2H3/b21-15-,22-16+. The molecule has 0 aromatic heterocycles. The number of rotatable bonds is 9. The fraction of sp³-hybridized carbons (Fsp3) is 0.320. The Balaban J connectivity index is 1.88. The molecule has 1 fully saturated rings. The van der Waals surface area contributed by atoms with E-state index in [9.17, 15) is 18.1 Å². The summed E-state index contributed by atoms with van der Waals surface area (Å²) in [4.78, 5) is 15.2. The first-order chi connectivity index (χ1) is 15.8. The average Bonchev–Trinajstić information content (AvgIpc) is 2.78. The minimum atomic E-state index is -3.23. The minimum absolute atomic E-state index is 0.127. The molecule has 2 aromatic rings. The highest BCUT2D eigenvalue weighted by Gasteiger charge is 2.29. The van der Waals surface area contributed by atoms with Crippen LogP contribution in [0.3, 0.4) is 0 Å². The Kier molecular flexibility index (Phi) is 8.87. The number of hydrogen-bond acceptors (Lipinski definition) is 5. The Bertz CT molecular complexity index is 987. The Labute approximate surface area is 193 Å². The van der Waals surface area contributed by atoms with E-state index in [1.807, 2.05) is 4.90 Å². The minimum Gasteiger partial charge on any atom is -0.309 e. The van der Waals surface area contributed by atoms with Crippen molar-refractivity contribution in [3.05, 3.63) is 82.4 Å². The molecule has 5 nitrogen and oxygen atoms in total. The molecule has 1 aliphatic rings. The van der Waals surface area contributed by atoms with E-state index in [4.69, 9.17) is 9.05 Å². The summed E-state index contributed by atoms with van der Waals surface area (Å²) in [6, 6.07) is 11.8. The Morgan fingerprint density at radius 3 is 1.67 bits per heavy atom. The largest absolute Gasteiger partial charge is 0.331 e. The highest BCUT2D eigenvalue weighted by atomic mass is 31.2. The molecule has 33 heavy (non-hydrogen) atoms. The van der Waals surface area contributed by atoms with Crippen molar-refractivity contribution in [2.75, 3.05) is 39.0 Å². The van der Waals surface area contributed by atoms with E-state index >= 15 is 0 Å². The second kappa shape index (κ2) is 11.6. The van der Waals surface area contributed by atoms with Gasteiger partial charge in [-0.15, -0.1) is 0 Å². The molecule has 0 spiro atoms. The molecule has 1 saturated heterocycles. The maximum atomic E-state index is 13.3. The van der Waals surface area contributed by atoms with Crippen molar-refractivity contribution in [3.63, 3.8) is 0 Å². The van der Waals surface area contributed by atoms with Crippen LogP contribution in [0.25, 0.3) is 12.2 Å². The van der Waals surface area contributed by atoms with Gasteiger partial charge in [-0.3, -0.25) is 14.3 Å². The van der Waals surface area contributed by atoms with E-state index in [0.29, 0.717) is 41.9 Å². The maximum absolute atomic E-state index is 13.3. The second-order valence-corrected chi connectivity index (χ2v) is 9.84. The molecule has 0 unspecified atom stereocenters. The summed E-state index contributed by atoms with van der Waals surface area (Å²) in [5.74, 6) is -0.834. The van der Waals surface area contributed by atoms with Crippen LogP contribution in [0.1, 0.15) is 25.0 Å². The smallest absolute Gasteiger partial charge is 0.309 e. The van der Waals surface area contributed by atoms with Gasteiger partial charge in [0.2, 0.25) is 0 Å². The highest BCUT2D eigenvalue weighted by Crippen LogP contribution is 2.47. The van der Waals surface area contributed by atoms with E-state index in [1.54, 1.807) is 50.3 Å². The summed E-state index contributed by atoms with van der Waals surface area (Å²) >= 11 is 0. The monoisotopic (exact) mass is 475 g/mol. The van der Waals surface area contributed by atoms with Gasteiger partial charge in [0, 0.05) is 30.8 Å². The van der Waals surface area contributed by atoms with E-state index in [0.717, 1.165) is 0 Å². The van der Waals surface area contributed by atoms with Crippen molar-refractivity contribution >= 4 is 25.5 Å². The molecule has 176 valence electrons. The zero-order chi connectivity index (χ0) is 23.8. The van der Waals surface area contributed by atoms with E-state index in [2.05, 4.69) is 0 Å². The lowest BCUT2D eigenvalue weighted by atomic mass is 9.94. The van der Waals surface area contributed by atoms with Crippen molar-refractivity contribution in [1.29, 1.82) is 0 Å². The number of halogens is 2. The van der Waals surface area contributed by atoms with Crippen LogP contribution in [-0.4, -0.2) is 49.7 Å². The molecular weight excluding hydrogens is 447 g/mol. The summed E-state index contributed by atoms with van der Waals surface area (Å²) in [6.45, 7) is 5.16. The average molecular weight is 475 g/mol. The van der Waals surface area contributed by atoms with Gasteiger partial charge in [0.05, 0.1) is 19.4 Å². The molecule has 0 saturated carbocycles. The first-order valence-corrected chi connectivity index (χ1v) is 12.6. The van der Waals surface area contributed by atoms with Gasteiger partial charge in [0.25, 0.3) is 0 Å². The number of piperidine rings is 1. The van der Waals surface area contributed by atoms with Crippen molar-refractivity contribution < 1.29 is 27.2 Å². The fourth-order valence-electron chi connectivity index (χ4n) is 3.61. The number of likely N-dealkylation sites (tertiary alicyclic amines) is 1. The van der Waals surface area contributed by atoms with Crippen LogP contribution < -0.4 is 0 Å². The molecule has 0 aliphatic carbocycles. The van der Waals surface area contributed by atoms with Crippen LogP contribution in [0.5, 0.6) is 0 Å². The highest BCUT2D eigenvalue weighted by molar-refractivity contribution is 7.53. The van der Waals surface area contributed by atoms with Gasteiger partial charge in [0.1, 0.15) is 11.6 Å². The zero-order valence-corrected chi connectivity index (χ0v) is 19.7. The number of benzene rings is 2. The molecule has 0 radical (unpaired) electrons. The van der Waals surface area contributed by atoms with Crippen LogP contribution in [0.15, 0.2) is 59.7 Å². The summed E-state index contributed by atoms with van der Waals surface area (Å²) in [7, 11) is -3.23. The number of hydrogen-bond donors (Lipinski definition) is 0. The van der Waals surface area contributed by atoms with Gasteiger partial charge in [-0.2, -0.15) is 0 Å². The van der Waals surface area contributed by atoms with Crippen LogP contribution >= 0.6 is 7.60 Å². The molecule has 8 heteroatoms. The Hall–Kier alpha value is -2.44. The number of carbonyl (C=O) groups is 1. The third-order valence-electron chi connectivity index (χ3n) is 5.13. The molecule has 0 atom stereocenters. The molecule has 2 aromatic carbocycles. The number of Topliss-reactive ketones (excluding diaryl/α,β-unsaturated/α-hetero) is 1. The number of carbonyl (C=O) groups excluding carboxylic acids is 1. The van der Waals surface area contributed by atoms with Crippen molar-refractivity contribution in [2.45, 2.75) is 13.8 Å². The van der Waals surface area contributed by atoms with Crippen LogP contribution in [0.2, 0.25) is 0 Å². The molecule has 1 aliphatic heterocycles. The lowest BCUT2D eigenvalue weighted by Gasteiger charge is -2.30. The molecule has 1 heterocycles. The third-order valence-corrected chi connectivity index (χ3v) is 7.19. The third kappa shape index (κ3) is 7.27. The Morgan fingerprint density at radius 1 is 0.848 bits per heavy atom. The van der Waals surface area contributed by atoms with Gasteiger partial charge < -0.3 is 9.05 Å². The van der Waals surface area contributed by atoms with Crippen LogP contribution in [0.4, 0.5) is 8.78 Å². The Morgan fingerprint density at radius 2 is 1.27 bits per heavy atom. The molecule has 0 amide bonds. The normalized spacial score (nSPS) is 17.8. The number of nitrogens with zero attached hydrogens (tertiary/aromatic N) is 1. The second-order valence-electron chi connectivity index (χ2n) is 7.65. The van der Waals surface area contributed by atoms with E-state index in [-0.39, 0.29) is 36.8 Å². The summed E-state index contributed by atoms with van der Waals surface area (Å²) < 4.78 is 50.3. The van der Waals surface area contributed by atoms with Gasteiger partial charge in [-0.1, -0.05) is 24.3 Å². The predicted molar refractivity (Wildman–Crippen MR) is 126 cm³/mol. The maximum Gasteiger partial charge on any atom is 0.331 e. The zero-order valence-electron chi connectivity index (χ0n) is 18.8. The summed E-state index contributed by atoms with van der Waals surface area (Å²) in [6.07, 6.45) is 3.66. The molecule has 0 N–H and O–H groups in total. The molecule has 3 rings (SSSR count). The van der Waals surface area contributed by atoms with Crippen molar-refractivity contribution in [2.24, 2.45) is 0 Å². The predicted octanol–water partition coefficient (Wildman–Crippen LogP) is 5.58. The van der Waals surface area contributed by atoms with E-state index < -0.39 is 7.60 Å². The van der Waals surface area contributed by atoms with Gasteiger partial charge >= 0.3 is 7.60 Å². The first kappa shape index (κ1) is 25.2. The molecular formula is C25H28F2NO4P. The topological polar surface area (TPSA) is 55.8 Å². The van der Waals surface area contributed by atoms with E-state index in [1.165, 1.54) is 24.3 Å². The lowest BCUT2D eigenvalue weighted by molar-refractivity contribution is -0.113. The number of ketones is 1. The van der Waals surface area contributed by atoms with Gasteiger partial charge in [-0.25, -0.2) is 8.78 Å². The fourth-order valence-corrected chi connectivity index (χ4v) is 5.26. The van der Waals surface area contributed by atoms with Crippen molar-refractivity contribution in [1.82, 2.24) is 4.90 Å². The van der Waals surface area contributed by atoms with Crippen LogP contribution in [-0.2, 0) is 18.4 Å². The van der Waals surface area contributed by atoms with Gasteiger partial charge in [-0.05, 0) is 61.4 Å².